The molecule has 2 aliphatic rings. The number of hydrogen-bond acceptors (Lipinski definition) is 2. The summed E-state index contributed by atoms with van der Waals surface area (Å²) < 4.78 is 28.7. The van der Waals surface area contributed by atoms with E-state index in [1.165, 1.54) is 19.3 Å². The van der Waals surface area contributed by atoms with Gasteiger partial charge in [-0.1, -0.05) is 31.4 Å². The highest BCUT2D eigenvalue weighted by atomic mass is 19.2. The third-order valence-electron chi connectivity index (χ3n) is 5.27. The van der Waals surface area contributed by atoms with E-state index in [4.69, 9.17) is 0 Å². The zero-order chi connectivity index (χ0) is 15.5. The van der Waals surface area contributed by atoms with Crippen molar-refractivity contribution in [2.45, 2.75) is 45.1 Å². The first-order chi connectivity index (χ1) is 10.7. The molecule has 22 heavy (non-hydrogen) atoms. The molecule has 122 valence electrons. The number of nitrogens with one attached hydrogen (secondary N) is 1. The average Bonchev–Trinajstić information content (AvgIpc) is 2.57. The lowest BCUT2D eigenvalue weighted by Gasteiger charge is -2.41. The lowest BCUT2D eigenvalue weighted by Crippen LogP contribution is -2.47. The van der Waals surface area contributed by atoms with E-state index in [1.807, 2.05) is 6.07 Å². The molecule has 1 aromatic carbocycles. The zero-order valence-electron chi connectivity index (χ0n) is 13.4. The van der Waals surface area contributed by atoms with Crippen LogP contribution in [0.2, 0.25) is 0 Å². The fourth-order valence-corrected chi connectivity index (χ4v) is 4.05. The molecular weight excluding hydrogens is 282 g/mol. The molecule has 4 heteroatoms. The number of benzene rings is 1. The van der Waals surface area contributed by atoms with Crippen molar-refractivity contribution in [3.63, 3.8) is 0 Å². The van der Waals surface area contributed by atoms with Crippen LogP contribution in [0.5, 0.6) is 0 Å². The summed E-state index contributed by atoms with van der Waals surface area (Å²) in [6.07, 6.45) is 5.95. The Morgan fingerprint density at radius 2 is 1.73 bits per heavy atom. The molecule has 1 aliphatic carbocycles. The number of hydrogen-bond donors (Lipinski definition) is 1. The van der Waals surface area contributed by atoms with Crippen molar-refractivity contribution in [2.24, 2.45) is 5.92 Å². The number of rotatable bonds is 3. The summed E-state index contributed by atoms with van der Waals surface area (Å²) >= 11 is 0. The van der Waals surface area contributed by atoms with Crippen LogP contribution in [0.3, 0.4) is 0 Å². The van der Waals surface area contributed by atoms with Gasteiger partial charge < -0.3 is 5.32 Å². The summed E-state index contributed by atoms with van der Waals surface area (Å²) in [5.41, 5.74) is 0.959. The first-order valence-corrected chi connectivity index (χ1v) is 8.57. The van der Waals surface area contributed by atoms with Crippen LogP contribution in [0.4, 0.5) is 8.78 Å². The van der Waals surface area contributed by atoms with E-state index in [0.717, 1.165) is 39.0 Å². The highest BCUT2D eigenvalue weighted by Crippen LogP contribution is 2.40. The van der Waals surface area contributed by atoms with Crippen LogP contribution in [-0.2, 0) is 0 Å². The molecule has 0 aromatic heterocycles. The van der Waals surface area contributed by atoms with E-state index < -0.39 is 11.6 Å². The Labute approximate surface area is 131 Å². The smallest absolute Gasteiger partial charge is 0.163 e. The number of piperazine rings is 1. The van der Waals surface area contributed by atoms with Crippen LogP contribution in [0, 0.1) is 24.5 Å². The van der Waals surface area contributed by atoms with Crippen molar-refractivity contribution in [3.8, 4) is 0 Å². The monoisotopic (exact) mass is 308 g/mol. The normalized spacial score (nSPS) is 22.7. The van der Waals surface area contributed by atoms with Crippen LogP contribution < -0.4 is 5.32 Å². The number of nitrogens with zero attached hydrogens (tertiary/aromatic N) is 1. The Morgan fingerprint density at radius 3 is 2.41 bits per heavy atom. The molecule has 1 aromatic rings. The standard InChI is InChI=1S/C18H26F2N2/c1-13-7-8-15(17(20)16(13)19)18(14-5-3-2-4-6-14)22-11-9-21-10-12-22/h7-8,14,18,21H,2-6,9-12H2,1H3/t18-/m0/s1. The van der Waals surface area contributed by atoms with Gasteiger partial charge in [-0.15, -0.1) is 0 Å². The molecular formula is C18H26F2N2. The van der Waals surface area contributed by atoms with E-state index in [9.17, 15) is 8.78 Å². The van der Waals surface area contributed by atoms with Gasteiger partial charge >= 0.3 is 0 Å². The van der Waals surface area contributed by atoms with Crippen molar-refractivity contribution in [1.82, 2.24) is 10.2 Å². The Kier molecular flexibility index (Phi) is 5.09. The fourth-order valence-electron chi connectivity index (χ4n) is 4.05. The molecule has 3 rings (SSSR count). The molecule has 1 N–H and O–H groups in total. The van der Waals surface area contributed by atoms with Gasteiger partial charge in [-0.2, -0.15) is 0 Å². The van der Waals surface area contributed by atoms with E-state index in [2.05, 4.69) is 10.2 Å². The zero-order valence-corrected chi connectivity index (χ0v) is 13.4. The van der Waals surface area contributed by atoms with Crippen molar-refractivity contribution in [3.05, 3.63) is 34.9 Å². The molecule has 1 aliphatic heterocycles. The maximum atomic E-state index is 14.6. The molecule has 0 spiro atoms. The summed E-state index contributed by atoms with van der Waals surface area (Å²) in [5, 5.41) is 3.35. The highest BCUT2D eigenvalue weighted by Gasteiger charge is 2.33. The second-order valence-corrected chi connectivity index (χ2v) is 6.73. The minimum absolute atomic E-state index is 0.0255. The Morgan fingerprint density at radius 1 is 1.05 bits per heavy atom. The predicted octanol–water partition coefficient (Wildman–Crippen LogP) is 3.80. The van der Waals surface area contributed by atoms with Gasteiger partial charge in [-0.05, 0) is 31.2 Å². The lowest BCUT2D eigenvalue weighted by molar-refractivity contribution is 0.0999. The Hall–Kier alpha value is -1.00. The van der Waals surface area contributed by atoms with Crippen LogP contribution in [0.1, 0.15) is 49.3 Å². The van der Waals surface area contributed by atoms with Crippen LogP contribution >= 0.6 is 0 Å². The topological polar surface area (TPSA) is 15.3 Å². The lowest BCUT2D eigenvalue weighted by atomic mass is 9.79. The molecule has 0 radical (unpaired) electrons. The largest absolute Gasteiger partial charge is 0.314 e. The quantitative estimate of drug-likeness (QED) is 0.913. The second kappa shape index (κ2) is 7.05. The first kappa shape index (κ1) is 15.9. The van der Waals surface area contributed by atoms with E-state index in [0.29, 0.717) is 17.0 Å². The van der Waals surface area contributed by atoms with Crippen LogP contribution in [0.25, 0.3) is 0 Å². The van der Waals surface area contributed by atoms with Gasteiger partial charge in [0, 0.05) is 37.8 Å². The van der Waals surface area contributed by atoms with Crippen molar-refractivity contribution in [1.29, 1.82) is 0 Å². The summed E-state index contributed by atoms with van der Waals surface area (Å²) in [5.74, 6) is -0.856. The molecule has 0 bridgehead atoms. The molecule has 1 atom stereocenters. The minimum Gasteiger partial charge on any atom is -0.314 e. The van der Waals surface area contributed by atoms with Gasteiger partial charge in [0.25, 0.3) is 0 Å². The van der Waals surface area contributed by atoms with Gasteiger partial charge in [0.2, 0.25) is 0 Å². The van der Waals surface area contributed by atoms with Crippen molar-refractivity contribution >= 4 is 0 Å². The Bertz CT molecular complexity index is 488. The maximum absolute atomic E-state index is 14.6. The summed E-state index contributed by atoms with van der Waals surface area (Å²) in [6, 6.07) is 3.57. The first-order valence-electron chi connectivity index (χ1n) is 8.57. The highest BCUT2D eigenvalue weighted by molar-refractivity contribution is 5.28. The van der Waals surface area contributed by atoms with Gasteiger partial charge in [-0.3, -0.25) is 4.90 Å². The summed E-state index contributed by atoms with van der Waals surface area (Å²) in [4.78, 5) is 2.36. The van der Waals surface area contributed by atoms with Gasteiger partial charge in [-0.25, -0.2) is 8.78 Å². The third kappa shape index (κ3) is 3.18. The van der Waals surface area contributed by atoms with Crippen molar-refractivity contribution in [2.75, 3.05) is 26.2 Å². The summed E-state index contributed by atoms with van der Waals surface area (Å²) in [6.45, 7) is 5.31. The summed E-state index contributed by atoms with van der Waals surface area (Å²) in [7, 11) is 0. The molecule has 0 unspecified atom stereocenters. The number of aryl methyl sites for hydroxylation is 1. The molecule has 2 nitrogen and oxygen atoms in total. The molecule has 1 saturated heterocycles. The van der Waals surface area contributed by atoms with Crippen LogP contribution in [-0.4, -0.2) is 31.1 Å². The number of halogens is 2. The Balaban J connectivity index is 1.94. The van der Waals surface area contributed by atoms with Gasteiger partial charge in [0.05, 0.1) is 0 Å². The minimum atomic E-state index is -0.673. The molecule has 2 fully saturated rings. The molecule has 1 saturated carbocycles. The predicted molar refractivity (Wildman–Crippen MR) is 84.9 cm³/mol. The van der Waals surface area contributed by atoms with Crippen molar-refractivity contribution < 1.29 is 8.78 Å². The SMILES string of the molecule is Cc1ccc([C@H](C2CCCCC2)N2CCNCC2)c(F)c1F. The van der Waals surface area contributed by atoms with Gasteiger partial charge in [0.15, 0.2) is 11.6 Å². The fraction of sp³-hybridized carbons (Fsp3) is 0.667. The van der Waals surface area contributed by atoms with Crippen LogP contribution in [0.15, 0.2) is 12.1 Å². The van der Waals surface area contributed by atoms with E-state index >= 15 is 0 Å². The van der Waals surface area contributed by atoms with E-state index in [-0.39, 0.29) is 6.04 Å². The van der Waals surface area contributed by atoms with E-state index in [1.54, 1.807) is 13.0 Å². The van der Waals surface area contributed by atoms with Gasteiger partial charge in [0.1, 0.15) is 0 Å². The molecule has 0 amide bonds. The second-order valence-electron chi connectivity index (χ2n) is 6.73. The third-order valence-corrected chi connectivity index (χ3v) is 5.27. The maximum Gasteiger partial charge on any atom is 0.163 e. The molecule has 1 heterocycles. The average molecular weight is 308 g/mol.